The van der Waals surface area contributed by atoms with Gasteiger partial charge in [0.25, 0.3) is 0 Å². The molecule has 16 heavy (non-hydrogen) atoms. The number of aromatic nitrogens is 2. The van der Waals surface area contributed by atoms with Crippen LogP contribution in [0.25, 0.3) is 0 Å². The highest BCUT2D eigenvalue weighted by Crippen LogP contribution is 2.11. The number of rotatable bonds is 5. The molecule has 0 aliphatic carbocycles. The molecule has 0 unspecified atom stereocenters. The summed E-state index contributed by atoms with van der Waals surface area (Å²) in [6.45, 7) is 1.42. The molecule has 0 saturated heterocycles. The summed E-state index contributed by atoms with van der Waals surface area (Å²) in [6.07, 6.45) is 0. The fourth-order valence-electron chi connectivity index (χ4n) is 1.35. The fourth-order valence-corrected chi connectivity index (χ4v) is 1.79. The molecule has 0 fully saturated rings. The maximum absolute atomic E-state index is 5.05. The maximum Gasteiger partial charge on any atom is 0.205 e. The van der Waals surface area contributed by atoms with E-state index < -0.39 is 0 Å². The van der Waals surface area contributed by atoms with Crippen molar-refractivity contribution >= 4 is 16.5 Å². The Hall–Kier alpha value is -1.46. The van der Waals surface area contributed by atoms with Crippen molar-refractivity contribution in [1.29, 1.82) is 0 Å². The molecule has 0 radical (unpaired) electrons. The average Bonchev–Trinajstić information content (AvgIpc) is 2.82. The smallest absolute Gasteiger partial charge is 0.205 e. The van der Waals surface area contributed by atoms with Gasteiger partial charge in [0.2, 0.25) is 5.13 Å². The number of hydrogen-bond donors (Lipinski definition) is 1. The maximum atomic E-state index is 5.05. The quantitative estimate of drug-likeness (QED) is 0.863. The number of nitrogens with one attached hydrogen (secondary N) is 1. The average molecular weight is 235 g/mol. The normalized spacial score (nSPS) is 10.3. The van der Waals surface area contributed by atoms with Crippen LogP contribution >= 0.6 is 11.3 Å². The Labute approximate surface area is 98.3 Å². The van der Waals surface area contributed by atoms with E-state index in [1.165, 1.54) is 22.5 Å². The molecule has 84 valence electrons. The lowest BCUT2D eigenvalue weighted by molar-refractivity contribution is 0.185. The van der Waals surface area contributed by atoms with Gasteiger partial charge in [-0.25, -0.2) is 0 Å². The molecule has 1 N–H and O–H groups in total. The van der Waals surface area contributed by atoms with E-state index in [-0.39, 0.29) is 0 Å². The number of anilines is 1. The third kappa shape index (κ3) is 3.01. The lowest BCUT2D eigenvalue weighted by atomic mass is 10.1. The first-order valence-corrected chi connectivity index (χ1v) is 5.83. The van der Waals surface area contributed by atoms with Gasteiger partial charge in [-0.15, -0.1) is 10.2 Å². The van der Waals surface area contributed by atoms with Gasteiger partial charge in [-0.3, -0.25) is 0 Å². The SMILES string of the molecule is COCc1ccc(CNc2nncs2)cc1. The first-order chi connectivity index (χ1) is 7.88. The van der Waals surface area contributed by atoms with E-state index in [9.17, 15) is 0 Å². The van der Waals surface area contributed by atoms with Crippen molar-refractivity contribution in [1.82, 2.24) is 10.2 Å². The number of methoxy groups -OCH3 is 1. The van der Waals surface area contributed by atoms with Gasteiger partial charge >= 0.3 is 0 Å². The van der Waals surface area contributed by atoms with Crippen LogP contribution in [0.2, 0.25) is 0 Å². The van der Waals surface area contributed by atoms with E-state index in [2.05, 4.69) is 39.8 Å². The molecule has 0 aliphatic heterocycles. The standard InChI is InChI=1S/C11H13N3OS/c1-15-7-10-4-2-9(3-5-10)6-12-11-14-13-8-16-11/h2-5,8H,6-7H2,1H3,(H,12,14). The third-order valence-corrected chi connectivity index (χ3v) is 2.79. The predicted octanol–water partition coefficient (Wildman–Crippen LogP) is 2.30. The second kappa shape index (κ2) is 5.58. The van der Waals surface area contributed by atoms with Gasteiger partial charge in [0.1, 0.15) is 5.51 Å². The Bertz CT molecular complexity index is 413. The van der Waals surface area contributed by atoms with Gasteiger partial charge < -0.3 is 10.1 Å². The van der Waals surface area contributed by atoms with Crippen molar-refractivity contribution < 1.29 is 4.74 Å². The molecule has 0 saturated carbocycles. The molecule has 0 aliphatic rings. The highest BCUT2D eigenvalue weighted by atomic mass is 32.1. The molecule has 1 heterocycles. The van der Waals surface area contributed by atoms with Crippen LogP contribution in [0.15, 0.2) is 29.8 Å². The summed E-state index contributed by atoms with van der Waals surface area (Å²) in [4.78, 5) is 0. The van der Waals surface area contributed by atoms with Crippen molar-refractivity contribution in [3.05, 3.63) is 40.9 Å². The van der Waals surface area contributed by atoms with Crippen LogP contribution in [0.4, 0.5) is 5.13 Å². The van der Waals surface area contributed by atoms with Gasteiger partial charge in [-0.2, -0.15) is 0 Å². The summed E-state index contributed by atoms with van der Waals surface area (Å²) in [5.74, 6) is 0. The van der Waals surface area contributed by atoms with E-state index >= 15 is 0 Å². The van der Waals surface area contributed by atoms with Gasteiger partial charge in [0.05, 0.1) is 6.61 Å². The summed E-state index contributed by atoms with van der Waals surface area (Å²) >= 11 is 1.50. The number of nitrogens with zero attached hydrogens (tertiary/aromatic N) is 2. The molecule has 0 amide bonds. The number of hydrogen-bond acceptors (Lipinski definition) is 5. The van der Waals surface area contributed by atoms with Crippen LogP contribution in [-0.4, -0.2) is 17.3 Å². The molecular weight excluding hydrogens is 222 g/mol. The Morgan fingerprint density at radius 1 is 1.25 bits per heavy atom. The highest BCUT2D eigenvalue weighted by molar-refractivity contribution is 7.13. The van der Waals surface area contributed by atoms with Crippen LogP contribution in [0, 0.1) is 0 Å². The van der Waals surface area contributed by atoms with E-state index in [0.29, 0.717) is 6.61 Å². The zero-order chi connectivity index (χ0) is 11.2. The van der Waals surface area contributed by atoms with Crippen molar-refractivity contribution in [2.24, 2.45) is 0 Å². The van der Waals surface area contributed by atoms with Gasteiger partial charge in [-0.05, 0) is 11.1 Å². The third-order valence-electron chi connectivity index (χ3n) is 2.14. The zero-order valence-corrected chi connectivity index (χ0v) is 9.83. The van der Waals surface area contributed by atoms with E-state index in [1.807, 2.05) is 0 Å². The molecule has 0 spiro atoms. The molecule has 1 aromatic carbocycles. The first kappa shape index (κ1) is 11.0. The second-order valence-corrected chi connectivity index (χ2v) is 4.18. The lowest BCUT2D eigenvalue weighted by Gasteiger charge is -2.04. The number of benzene rings is 1. The molecule has 5 heteroatoms. The van der Waals surface area contributed by atoms with Gasteiger partial charge in [0, 0.05) is 13.7 Å². The Morgan fingerprint density at radius 3 is 2.62 bits per heavy atom. The highest BCUT2D eigenvalue weighted by Gasteiger charge is 1.97. The van der Waals surface area contributed by atoms with Crippen molar-refractivity contribution in [2.75, 3.05) is 12.4 Å². The largest absolute Gasteiger partial charge is 0.380 e. The Kier molecular flexibility index (Phi) is 3.85. The van der Waals surface area contributed by atoms with Crippen molar-refractivity contribution in [3.8, 4) is 0 Å². The van der Waals surface area contributed by atoms with Gasteiger partial charge in [-0.1, -0.05) is 35.6 Å². The van der Waals surface area contributed by atoms with Gasteiger partial charge in [0.15, 0.2) is 0 Å². The Balaban J connectivity index is 1.90. The monoisotopic (exact) mass is 235 g/mol. The molecule has 2 rings (SSSR count). The molecule has 0 bridgehead atoms. The van der Waals surface area contributed by atoms with Crippen LogP contribution in [0.3, 0.4) is 0 Å². The molecule has 2 aromatic rings. The second-order valence-electron chi connectivity index (χ2n) is 3.35. The minimum Gasteiger partial charge on any atom is -0.380 e. The molecule has 1 aromatic heterocycles. The van der Waals surface area contributed by atoms with E-state index in [1.54, 1.807) is 12.6 Å². The van der Waals surface area contributed by atoms with Crippen LogP contribution in [0.5, 0.6) is 0 Å². The molecule has 0 atom stereocenters. The molecular formula is C11H13N3OS. The first-order valence-electron chi connectivity index (χ1n) is 4.95. The van der Waals surface area contributed by atoms with E-state index in [4.69, 9.17) is 4.74 Å². The van der Waals surface area contributed by atoms with Crippen molar-refractivity contribution in [3.63, 3.8) is 0 Å². The minimum absolute atomic E-state index is 0.657. The summed E-state index contributed by atoms with van der Waals surface area (Å²) in [7, 11) is 1.70. The summed E-state index contributed by atoms with van der Waals surface area (Å²) in [5.41, 5.74) is 4.11. The summed E-state index contributed by atoms with van der Waals surface area (Å²) < 4.78 is 5.05. The minimum atomic E-state index is 0.657. The number of ether oxygens (including phenoxy) is 1. The summed E-state index contributed by atoms with van der Waals surface area (Å²) in [6, 6.07) is 8.31. The van der Waals surface area contributed by atoms with Crippen molar-refractivity contribution in [2.45, 2.75) is 13.2 Å². The Morgan fingerprint density at radius 2 is 2.00 bits per heavy atom. The fraction of sp³-hybridized carbons (Fsp3) is 0.273. The lowest BCUT2D eigenvalue weighted by Crippen LogP contribution is -1.99. The predicted molar refractivity (Wildman–Crippen MR) is 64.4 cm³/mol. The summed E-state index contributed by atoms with van der Waals surface area (Å²) in [5, 5.41) is 11.7. The van der Waals surface area contributed by atoms with E-state index in [0.717, 1.165) is 11.7 Å². The van der Waals surface area contributed by atoms with Crippen LogP contribution < -0.4 is 5.32 Å². The van der Waals surface area contributed by atoms with Crippen LogP contribution in [-0.2, 0) is 17.9 Å². The molecule has 4 nitrogen and oxygen atoms in total. The topological polar surface area (TPSA) is 47.0 Å². The van der Waals surface area contributed by atoms with Crippen LogP contribution in [0.1, 0.15) is 11.1 Å². The zero-order valence-electron chi connectivity index (χ0n) is 9.01.